The molecule has 0 aliphatic carbocycles. The molecule has 0 spiro atoms. The molecule has 3 aromatic rings. The van der Waals surface area contributed by atoms with E-state index in [2.05, 4.69) is 39.2 Å². The molecule has 26 heavy (non-hydrogen) atoms. The van der Waals surface area contributed by atoms with Gasteiger partial charge in [0.05, 0.1) is 30.6 Å². The van der Waals surface area contributed by atoms with Crippen LogP contribution in [0.1, 0.15) is 27.2 Å². The Morgan fingerprint density at radius 3 is 2.62 bits per heavy atom. The molecular formula is C21H17N3O2. The predicted molar refractivity (Wildman–Crippen MR) is 101 cm³/mol. The molecule has 1 aliphatic rings. The van der Waals surface area contributed by atoms with Crippen LogP contribution < -0.4 is 4.90 Å². The Morgan fingerprint density at radius 1 is 1.00 bits per heavy atom. The first kappa shape index (κ1) is 16.0. The number of rotatable bonds is 3. The summed E-state index contributed by atoms with van der Waals surface area (Å²) in [6, 6.07) is 15.7. The van der Waals surface area contributed by atoms with Crippen molar-refractivity contribution in [3.63, 3.8) is 0 Å². The van der Waals surface area contributed by atoms with E-state index >= 15 is 0 Å². The number of ether oxygens (including phenoxy) is 1. The van der Waals surface area contributed by atoms with Crippen LogP contribution in [0, 0.1) is 0 Å². The molecule has 0 fully saturated rings. The van der Waals surface area contributed by atoms with Crippen LogP contribution in [0.3, 0.4) is 0 Å². The van der Waals surface area contributed by atoms with Crippen molar-refractivity contribution >= 4 is 29.6 Å². The number of benzene rings is 1. The van der Waals surface area contributed by atoms with Crippen LogP contribution in [0.25, 0.3) is 12.2 Å². The van der Waals surface area contributed by atoms with Crippen LogP contribution in [-0.4, -0.2) is 23.0 Å². The lowest BCUT2D eigenvalue weighted by molar-refractivity contribution is 0.0600. The van der Waals surface area contributed by atoms with Gasteiger partial charge in [0, 0.05) is 18.0 Å². The van der Waals surface area contributed by atoms with Gasteiger partial charge in [0.2, 0.25) is 0 Å². The molecule has 0 saturated heterocycles. The number of carbonyl (C=O) groups is 1. The maximum atomic E-state index is 11.6. The minimum absolute atomic E-state index is 0.389. The SMILES string of the molecule is COC(=O)c1ccc(CN2c3ccccc3C=Cc3cccnc32)nc1. The van der Waals surface area contributed by atoms with Crippen molar-refractivity contribution in [2.75, 3.05) is 12.0 Å². The molecule has 0 atom stereocenters. The molecule has 0 saturated carbocycles. The third kappa shape index (κ3) is 2.95. The number of nitrogens with zero attached hydrogens (tertiary/aromatic N) is 3. The number of hydrogen-bond acceptors (Lipinski definition) is 5. The summed E-state index contributed by atoms with van der Waals surface area (Å²) in [4.78, 5) is 22.8. The predicted octanol–water partition coefficient (Wildman–Crippen LogP) is 4.09. The minimum Gasteiger partial charge on any atom is -0.465 e. The first-order valence-corrected chi connectivity index (χ1v) is 8.29. The van der Waals surface area contributed by atoms with E-state index in [4.69, 9.17) is 4.74 Å². The highest BCUT2D eigenvalue weighted by molar-refractivity contribution is 5.89. The molecule has 4 rings (SSSR count). The Kier molecular flexibility index (Phi) is 4.19. The molecule has 0 amide bonds. The zero-order valence-electron chi connectivity index (χ0n) is 14.3. The zero-order chi connectivity index (χ0) is 17.9. The topological polar surface area (TPSA) is 55.3 Å². The molecule has 0 radical (unpaired) electrons. The summed E-state index contributed by atoms with van der Waals surface area (Å²) in [5.41, 5.74) is 4.52. The lowest BCUT2D eigenvalue weighted by Crippen LogP contribution is -2.20. The lowest BCUT2D eigenvalue weighted by atomic mass is 10.1. The number of hydrogen-bond donors (Lipinski definition) is 0. The molecule has 3 heterocycles. The number of esters is 1. The average molecular weight is 343 g/mol. The average Bonchev–Trinajstić information content (AvgIpc) is 2.86. The zero-order valence-corrected chi connectivity index (χ0v) is 14.3. The summed E-state index contributed by atoms with van der Waals surface area (Å²) in [7, 11) is 1.36. The third-order valence-corrected chi connectivity index (χ3v) is 4.31. The molecule has 1 aliphatic heterocycles. The van der Waals surface area contributed by atoms with E-state index in [-0.39, 0.29) is 5.97 Å². The van der Waals surface area contributed by atoms with Crippen LogP contribution in [0.2, 0.25) is 0 Å². The summed E-state index contributed by atoms with van der Waals surface area (Å²) >= 11 is 0. The van der Waals surface area contributed by atoms with E-state index in [1.807, 2.05) is 30.3 Å². The van der Waals surface area contributed by atoms with Gasteiger partial charge in [-0.05, 0) is 35.9 Å². The maximum Gasteiger partial charge on any atom is 0.339 e. The minimum atomic E-state index is -0.389. The lowest BCUT2D eigenvalue weighted by Gasteiger charge is -2.25. The second kappa shape index (κ2) is 6.80. The number of fused-ring (bicyclic) bond motifs is 2. The molecule has 5 nitrogen and oxygen atoms in total. The van der Waals surface area contributed by atoms with Gasteiger partial charge in [-0.25, -0.2) is 9.78 Å². The van der Waals surface area contributed by atoms with E-state index in [0.29, 0.717) is 12.1 Å². The fourth-order valence-electron chi connectivity index (χ4n) is 3.01. The van der Waals surface area contributed by atoms with Gasteiger partial charge in [0.25, 0.3) is 0 Å². The van der Waals surface area contributed by atoms with E-state index in [1.165, 1.54) is 7.11 Å². The van der Waals surface area contributed by atoms with Crippen LogP contribution >= 0.6 is 0 Å². The van der Waals surface area contributed by atoms with Crippen molar-refractivity contribution in [3.8, 4) is 0 Å². The van der Waals surface area contributed by atoms with E-state index in [1.54, 1.807) is 18.5 Å². The van der Waals surface area contributed by atoms with Gasteiger partial charge in [-0.3, -0.25) is 4.98 Å². The number of methoxy groups -OCH3 is 1. The van der Waals surface area contributed by atoms with Crippen LogP contribution in [0.15, 0.2) is 60.9 Å². The van der Waals surface area contributed by atoms with Gasteiger partial charge < -0.3 is 9.64 Å². The van der Waals surface area contributed by atoms with Crippen LogP contribution in [0.4, 0.5) is 11.5 Å². The second-order valence-corrected chi connectivity index (χ2v) is 5.92. The van der Waals surface area contributed by atoms with Gasteiger partial charge in [-0.15, -0.1) is 0 Å². The highest BCUT2D eigenvalue weighted by Gasteiger charge is 2.19. The first-order valence-electron chi connectivity index (χ1n) is 8.29. The standard InChI is InChI=1S/C21H17N3O2/c1-26-21(25)17-10-11-18(23-13-17)14-24-19-7-3-2-5-15(19)8-9-16-6-4-12-22-20(16)24/h2-13H,14H2,1H3. The van der Waals surface area contributed by atoms with Gasteiger partial charge in [0.1, 0.15) is 5.82 Å². The van der Waals surface area contributed by atoms with Crippen molar-refractivity contribution in [3.05, 3.63) is 83.3 Å². The molecule has 1 aromatic carbocycles. The van der Waals surface area contributed by atoms with E-state index in [0.717, 1.165) is 28.3 Å². The molecule has 0 unspecified atom stereocenters. The van der Waals surface area contributed by atoms with Crippen LogP contribution in [-0.2, 0) is 11.3 Å². The van der Waals surface area contributed by atoms with Crippen molar-refractivity contribution in [1.82, 2.24) is 9.97 Å². The fraction of sp³-hybridized carbons (Fsp3) is 0.0952. The quantitative estimate of drug-likeness (QED) is 0.671. The smallest absolute Gasteiger partial charge is 0.339 e. The van der Waals surface area contributed by atoms with E-state index in [9.17, 15) is 4.79 Å². The molecule has 2 aromatic heterocycles. The van der Waals surface area contributed by atoms with Crippen molar-refractivity contribution in [2.24, 2.45) is 0 Å². The number of pyridine rings is 2. The highest BCUT2D eigenvalue weighted by Crippen LogP contribution is 2.35. The Morgan fingerprint density at radius 2 is 1.81 bits per heavy atom. The summed E-state index contributed by atoms with van der Waals surface area (Å²) in [6.07, 6.45) is 7.52. The Balaban J connectivity index is 1.74. The summed E-state index contributed by atoms with van der Waals surface area (Å²) in [5, 5.41) is 0. The summed E-state index contributed by atoms with van der Waals surface area (Å²) in [5.74, 6) is 0.493. The van der Waals surface area contributed by atoms with Crippen LogP contribution in [0.5, 0.6) is 0 Å². The third-order valence-electron chi connectivity index (χ3n) is 4.31. The molecule has 5 heteroatoms. The Bertz CT molecular complexity index is 931. The molecule has 0 bridgehead atoms. The van der Waals surface area contributed by atoms with E-state index < -0.39 is 0 Å². The summed E-state index contributed by atoms with van der Waals surface area (Å²) < 4.78 is 4.73. The molecular weight excluding hydrogens is 326 g/mol. The first-order chi connectivity index (χ1) is 12.8. The monoisotopic (exact) mass is 343 g/mol. The summed E-state index contributed by atoms with van der Waals surface area (Å²) in [6.45, 7) is 0.546. The number of aromatic nitrogens is 2. The highest BCUT2D eigenvalue weighted by atomic mass is 16.5. The number of anilines is 2. The van der Waals surface area contributed by atoms with Crippen molar-refractivity contribution < 1.29 is 9.53 Å². The fourth-order valence-corrected chi connectivity index (χ4v) is 3.01. The largest absolute Gasteiger partial charge is 0.465 e. The van der Waals surface area contributed by atoms with Gasteiger partial charge in [0.15, 0.2) is 0 Å². The molecule has 128 valence electrons. The normalized spacial score (nSPS) is 12.1. The second-order valence-electron chi connectivity index (χ2n) is 5.92. The Hall–Kier alpha value is -3.47. The van der Waals surface area contributed by atoms with Gasteiger partial charge in [-0.2, -0.15) is 0 Å². The van der Waals surface area contributed by atoms with Gasteiger partial charge >= 0.3 is 5.97 Å². The Labute approximate surface area is 151 Å². The number of carbonyl (C=O) groups excluding carboxylic acids is 1. The number of para-hydroxylation sites is 1. The van der Waals surface area contributed by atoms with Crippen molar-refractivity contribution in [2.45, 2.75) is 6.54 Å². The van der Waals surface area contributed by atoms with Gasteiger partial charge in [-0.1, -0.05) is 30.4 Å². The maximum absolute atomic E-state index is 11.6. The molecule has 0 N–H and O–H groups in total. The van der Waals surface area contributed by atoms with Crippen molar-refractivity contribution in [1.29, 1.82) is 0 Å².